The normalized spacial score (nSPS) is 10.8. The molecule has 2 aromatic rings. The Morgan fingerprint density at radius 1 is 1.29 bits per heavy atom. The smallest absolute Gasteiger partial charge is 0.144 e. The van der Waals surface area contributed by atoms with E-state index in [1.54, 1.807) is 11.8 Å². The van der Waals surface area contributed by atoms with Crippen molar-refractivity contribution in [3.05, 3.63) is 36.2 Å². The predicted molar refractivity (Wildman–Crippen MR) is 68.6 cm³/mol. The van der Waals surface area contributed by atoms with E-state index in [9.17, 15) is 0 Å². The van der Waals surface area contributed by atoms with Gasteiger partial charge in [0.05, 0.1) is 24.7 Å². The number of hydrogen-bond donors (Lipinski definition) is 1. The van der Waals surface area contributed by atoms with Crippen molar-refractivity contribution in [2.75, 3.05) is 12.8 Å². The summed E-state index contributed by atoms with van der Waals surface area (Å²) in [5, 5.41) is 4.50. The number of benzene rings is 1. The lowest BCUT2D eigenvalue weighted by atomic mass is 10.1. The number of aromatic nitrogens is 2. The zero-order valence-corrected chi connectivity index (χ0v) is 10.3. The summed E-state index contributed by atoms with van der Waals surface area (Å²) in [5.41, 5.74) is 8.47. The number of anilines is 1. The molecule has 0 fully saturated rings. The van der Waals surface area contributed by atoms with Crippen LogP contribution in [0.2, 0.25) is 0 Å². The molecule has 0 aliphatic heterocycles. The summed E-state index contributed by atoms with van der Waals surface area (Å²) >= 11 is 0. The van der Waals surface area contributed by atoms with Crippen LogP contribution in [0.5, 0.6) is 5.75 Å². The number of nitrogens with zero attached hydrogens (tertiary/aromatic N) is 2. The van der Waals surface area contributed by atoms with Crippen LogP contribution in [0.4, 0.5) is 5.69 Å². The lowest BCUT2D eigenvalue weighted by molar-refractivity contribution is 0.411. The summed E-state index contributed by atoms with van der Waals surface area (Å²) in [6.45, 7) is 4.15. The summed E-state index contributed by atoms with van der Waals surface area (Å²) in [6, 6.07) is 7.74. The highest BCUT2D eigenvalue weighted by Crippen LogP contribution is 2.26. The van der Waals surface area contributed by atoms with Crippen LogP contribution in [-0.2, 0) is 0 Å². The Balaban J connectivity index is 2.50. The molecule has 4 heteroatoms. The van der Waals surface area contributed by atoms with Crippen molar-refractivity contribution < 1.29 is 4.74 Å². The number of methoxy groups -OCH3 is 1. The third-order valence-electron chi connectivity index (χ3n) is 2.65. The lowest BCUT2D eigenvalue weighted by Crippen LogP contribution is -1.99. The number of ether oxygens (including phenoxy) is 1. The zero-order chi connectivity index (χ0) is 12.4. The molecule has 0 amide bonds. The Labute approximate surface area is 101 Å². The first-order valence-corrected chi connectivity index (χ1v) is 5.62. The van der Waals surface area contributed by atoms with Gasteiger partial charge in [-0.1, -0.05) is 26.0 Å². The first kappa shape index (κ1) is 11.5. The first-order valence-electron chi connectivity index (χ1n) is 5.62. The van der Waals surface area contributed by atoms with E-state index in [0.717, 1.165) is 17.1 Å². The quantitative estimate of drug-likeness (QED) is 0.883. The van der Waals surface area contributed by atoms with Gasteiger partial charge in [-0.05, 0) is 18.1 Å². The van der Waals surface area contributed by atoms with Gasteiger partial charge in [0.2, 0.25) is 0 Å². The van der Waals surface area contributed by atoms with Crippen LogP contribution in [0.25, 0.3) is 5.69 Å². The SMILES string of the molecule is COc1ccccc1-n1cc(N)c(C(C)C)n1. The van der Waals surface area contributed by atoms with Crippen LogP contribution in [0.15, 0.2) is 30.5 Å². The summed E-state index contributed by atoms with van der Waals surface area (Å²) in [4.78, 5) is 0. The van der Waals surface area contributed by atoms with Crippen LogP contribution in [0.1, 0.15) is 25.5 Å². The molecular formula is C13H17N3O. The van der Waals surface area contributed by atoms with Gasteiger partial charge in [0.25, 0.3) is 0 Å². The number of hydrogen-bond acceptors (Lipinski definition) is 3. The molecule has 17 heavy (non-hydrogen) atoms. The summed E-state index contributed by atoms with van der Waals surface area (Å²) in [5.74, 6) is 1.09. The molecule has 0 saturated carbocycles. The van der Waals surface area contributed by atoms with E-state index < -0.39 is 0 Å². The molecule has 0 atom stereocenters. The van der Waals surface area contributed by atoms with Gasteiger partial charge in [0, 0.05) is 0 Å². The molecule has 1 aromatic heterocycles. The van der Waals surface area contributed by atoms with Gasteiger partial charge in [-0.15, -0.1) is 0 Å². The number of nitrogens with two attached hydrogens (primary N) is 1. The topological polar surface area (TPSA) is 53.1 Å². The first-order chi connectivity index (χ1) is 8.13. The van der Waals surface area contributed by atoms with Crippen molar-refractivity contribution in [2.45, 2.75) is 19.8 Å². The van der Waals surface area contributed by atoms with Gasteiger partial charge >= 0.3 is 0 Å². The average molecular weight is 231 g/mol. The van der Waals surface area contributed by atoms with Gasteiger partial charge in [0.15, 0.2) is 0 Å². The maximum Gasteiger partial charge on any atom is 0.144 e. The van der Waals surface area contributed by atoms with Crippen LogP contribution in [0, 0.1) is 0 Å². The number of rotatable bonds is 3. The van der Waals surface area contributed by atoms with E-state index in [4.69, 9.17) is 10.5 Å². The Hall–Kier alpha value is -1.97. The van der Waals surface area contributed by atoms with E-state index in [-0.39, 0.29) is 0 Å². The molecule has 0 bridgehead atoms. The van der Waals surface area contributed by atoms with E-state index in [2.05, 4.69) is 18.9 Å². The fraction of sp³-hybridized carbons (Fsp3) is 0.308. The summed E-state index contributed by atoms with van der Waals surface area (Å²) < 4.78 is 7.08. The molecule has 0 aliphatic rings. The highest BCUT2D eigenvalue weighted by Gasteiger charge is 2.12. The maximum atomic E-state index is 5.95. The third-order valence-corrected chi connectivity index (χ3v) is 2.65. The van der Waals surface area contributed by atoms with Crippen LogP contribution < -0.4 is 10.5 Å². The second kappa shape index (κ2) is 4.49. The minimum atomic E-state index is 0.311. The molecule has 0 saturated heterocycles. The Bertz CT molecular complexity index is 517. The van der Waals surface area contributed by atoms with Gasteiger partial charge < -0.3 is 10.5 Å². The molecule has 0 spiro atoms. The van der Waals surface area contributed by atoms with Gasteiger partial charge in [-0.2, -0.15) is 5.10 Å². The molecule has 0 aliphatic carbocycles. The minimum absolute atomic E-state index is 0.311. The zero-order valence-electron chi connectivity index (χ0n) is 10.3. The van der Waals surface area contributed by atoms with E-state index >= 15 is 0 Å². The molecule has 0 unspecified atom stereocenters. The molecule has 1 heterocycles. The Kier molecular flexibility index (Phi) is 3.04. The largest absolute Gasteiger partial charge is 0.494 e. The standard InChI is InChI=1S/C13H17N3O/c1-9(2)13-10(14)8-16(15-13)11-6-4-5-7-12(11)17-3/h4-9H,14H2,1-3H3. The van der Waals surface area contributed by atoms with Gasteiger partial charge in [-0.25, -0.2) is 4.68 Å². The van der Waals surface area contributed by atoms with Crippen molar-refractivity contribution >= 4 is 5.69 Å². The van der Waals surface area contributed by atoms with E-state index in [1.165, 1.54) is 0 Å². The second-order valence-corrected chi connectivity index (χ2v) is 4.24. The maximum absolute atomic E-state index is 5.95. The van der Waals surface area contributed by atoms with Crippen LogP contribution in [-0.4, -0.2) is 16.9 Å². The van der Waals surface area contributed by atoms with E-state index in [1.807, 2.05) is 30.5 Å². The van der Waals surface area contributed by atoms with Gasteiger partial charge in [-0.3, -0.25) is 0 Å². The lowest BCUT2D eigenvalue weighted by Gasteiger charge is -2.07. The highest BCUT2D eigenvalue weighted by molar-refractivity contribution is 5.50. The number of para-hydroxylation sites is 2. The second-order valence-electron chi connectivity index (χ2n) is 4.24. The van der Waals surface area contributed by atoms with Crippen molar-refractivity contribution in [3.63, 3.8) is 0 Å². The molecule has 4 nitrogen and oxygen atoms in total. The molecule has 90 valence electrons. The van der Waals surface area contributed by atoms with Crippen molar-refractivity contribution in [3.8, 4) is 11.4 Å². The Morgan fingerprint density at radius 3 is 2.59 bits per heavy atom. The fourth-order valence-corrected chi connectivity index (χ4v) is 1.79. The van der Waals surface area contributed by atoms with Crippen LogP contribution >= 0.6 is 0 Å². The number of nitrogen functional groups attached to an aromatic ring is 1. The summed E-state index contributed by atoms with van der Waals surface area (Å²) in [6.07, 6.45) is 1.83. The summed E-state index contributed by atoms with van der Waals surface area (Å²) in [7, 11) is 1.65. The molecule has 0 radical (unpaired) electrons. The van der Waals surface area contributed by atoms with Crippen molar-refractivity contribution in [2.24, 2.45) is 0 Å². The average Bonchev–Trinajstić information content (AvgIpc) is 2.71. The predicted octanol–water partition coefficient (Wildman–Crippen LogP) is 2.59. The third kappa shape index (κ3) is 2.11. The van der Waals surface area contributed by atoms with Crippen molar-refractivity contribution in [1.29, 1.82) is 0 Å². The molecule has 1 aromatic carbocycles. The van der Waals surface area contributed by atoms with Crippen LogP contribution in [0.3, 0.4) is 0 Å². The monoisotopic (exact) mass is 231 g/mol. The van der Waals surface area contributed by atoms with Gasteiger partial charge in [0.1, 0.15) is 11.4 Å². The molecule has 2 N–H and O–H groups in total. The van der Waals surface area contributed by atoms with E-state index in [0.29, 0.717) is 11.6 Å². The minimum Gasteiger partial charge on any atom is -0.494 e. The molecule has 2 rings (SSSR count). The fourth-order valence-electron chi connectivity index (χ4n) is 1.79. The Morgan fingerprint density at radius 2 is 2.00 bits per heavy atom. The highest BCUT2D eigenvalue weighted by atomic mass is 16.5. The van der Waals surface area contributed by atoms with Crippen molar-refractivity contribution in [1.82, 2.24) is 9.78 Å². The molecular weight excluding hydrogens is 214 g/mol.